The Morgan fingerprint density at radius 2 is 1.48 bits per heavy atom. The second-order valence-electron chi connectivity index (χ2n) is 9.89. The van der Waals surface area contributed by atoms with Gasteiger partial charge in [-0.3, -0.25) is 4.98 Å². The van der Waals surface area contributed by atoms with Crippen LogP contribution in [-0.4, -0.2) is 24.1 Å². The molecule has 0 N–H and O–H groups in total. The highest BCUT2D eigenvalue weighted by Crippen LogP contribution is 2.36. The lowest BCUT2D eigenvalue weighted by atomic mass is 10.1. The van der Waals surface area contributed by atoms with Crippen LogP contribution >= 0.6 is 0 Å². The average Bonchev–Trinajstić information content (AvgIpc) is 3.74. The molecule has 0 saturated heterocycles. The first-order valence-corrected chi connectivity index (χ1v) is 13.2. The topological polar surface area (TPSA) is 61.7 Å². The summed E-state index contributed by atoms with van der Waals surface area (Å²) in [5.74, 6) is 1.51. The second kappa shape index (κ2) is 8.78. The molecule has 0 radical (unpaired) electrons. The predicted molar refractivity (Wildman–Crippen MR) is 159 cm³/mol. The molecule has 40 heavy (non-hydrogen) atoms. The van der Waals surface area contributed by atoms with Gasteiger partial charge in [0.1, 0.15) is 12.1 Å². The van der Waals surface area contributed by atoms with E-state index in [1.165, 1.54) is 10.8 Å². The highest BCUT2D eigenvalue weighted by atomic mass is 16.3. The Labute approximate surface area is 229 Å². The number of benzene rings is 4. The smallest absolute Gasteiger partial charge is 0.227 e. The van der Waals surface area contributed by atoms with Gasteiger partial charge in [0.05, 0.1) is 39.5 Å². The molecule has 0 saturated carbocycles. The van der Waals surface area contributed by atoms with Gasteiger partial charge in [-0.15, -0.1) is 0 Å². The fourth-order valence-electron chi connectivity index (χ4n) is 5.65. The summed E-state index contributed by atoms with van der Waals surface area (Å²) in [5, 5.41) is 2.42. The SMILES string of the molecule is Cn1c(-c2ccc3c4ccccc4n(-c4cccc(-c5ccc(-c6ncco6)cn5)c4)c3c2)nc2ccccc21. The van der Waals surface area contributed by atoms with Crippen LogP contribution in [0.5, 0.6) is 0 Å². The summed E-state index contributed by atoms with van der Waals surface area (Å²) < 4.78 is 9.92. The number of aryl methyl sites for hydroxylation is 1. The van der Waals surface area contributed by atoms with Crippen LogP contribution in [0.15, 0.2) is 126 Å². The highest BCUT2D eigenvalue weighted by molar-refractivity contribution is 6.10. The van der Waals surface area contributed by atoms with E-state index in [2.05, 4.69) is 106 Å². The zero-order chi connectivity index (χ0) is 26.6. The quantitative estimate of drug-likeness (QED) is 0.237. The number of rotatable bonds is 4. The van der Waals surface area contributed by atoms with Crippen molar-refractivity contribution < 1.29 is 4.42 Å². The number of oxazole rings is 1. The van der Waals surface area contributed by atoms with Crippen LogP contribution in [0.2, 0.25) is 0 Å². The van der Waals surface area contributed by atoms with Gasteiger partial charge in [0.15, 0.2) is 0 Å². The zero-order valence-electron chi connectivity index (χ0n) is 21.7. The largest absolute Gasteiger partial charge is 0.444 e. The van der Waals surface area contributed by atoms with Crippen molar-refractivity contribution in [1.82, 2.24) is 24.1 Å². The number of aromatic nitrogens is 5. The van der Waals surface area contributed by atoms with E-state index in [1.54, 1.807) is 18.7 Å². The summed E-state index contributed by atoms with van der Waals surface area (Å²) in [6.07, 6.45) is 5.01. The lowest BCUT2D eigenvalue weighted by molar-refractivity contribution is 0.574. The zero-order valence-corrected chi connectivity index (χ0v) is 21.7. The molecule has 0 aliphatic rings. The van der Waals surface area contributed by atoms with E-state index >= 15 is 0 Å². The van der Waals surface area contributed by atoms with Crippen LogP contribution in [0, 0.1) is 0 Å². The van der Waals surface area contributed by atoms with Crippen molar-refractivity contribution >= 4 is 32.8 Å². The molecule has 6 heteroatoms. The molecule has 4 aromatic carbocycles. The Balaban J connectivity index is 1.30. The third-order valence-electron chi connectivity index (χ3n) is 7.56. The van der Waals surface area contributed by atoms with Gasteiger partial charge in [-0.25, -0.2) is 9.97 Å². The van der Waals surface area contributed by atoms with Crippen LogP contribution < -0.4 is 0 Å². The Hall–Kier alpha value is -5.49. The lowest BCUT2D eigenvalue weighted by Gasteiger charge is -2.11. The number of para-hydroxylation sites is 3. The molecule has 4 heterocycles. The van der Waals surface area contributed by atoms with Crippen molar-refractivity contribution in [1.29, 1.82) is 0 Å². The van der Waals surface area contributed by atoms with Crippen molar-refractivity contribution in [2.75, 3.05) is 0 Å². The molecule has 0 amide bonds. The van der Waals surface area contributed by atoms with E-state index in [9.17, 15) is 0 Å². The number of hydrogen-bond donors (Lipinski definition) is 0. The van der Waals surface area contributed by atoms with Crippen LogP contribution in [0.1, 0.15) is 0 Å². The molecule has 8 rings (SSSR count). The van der Waals surface area contributed by atoms with Crippen LogP contribution in [0.3, 0.4) is 0 Å². The van der Waals surface area contributed by atoms with Crippen LogP contribution in [0.4, 0.5) is 0 Å². The molecule has 4 aromatic heterocycles. The molecule has 0 atom stereocenters. The second-order valence-corrected chi connectivity index (χ2v) is 9.89. The first kappa shape index (κ1) is 22.5. The number of hydrogen-bond acceptors (Lipinski definition) is 4. The Morgan fingerprint density at radius 1 is 0.650 bits per heavy atom. The molecule has 0 aliphatic carbocycles. The molecule has 190 valence electrons. The van der Waals surface area contributed by atoms with Crippen molar-refractivity contribution in [3.05, 3.63) is 122 Å². The van der Waals surface area contributed by atoms with E-state index in [0.717, 1.165) is 56.0 Å². The van der Waals surface area contributed by atoms with Crippen molar-refractivity contribution in [2.45, 2.75) is 0 Å². The Kier molecular flexibility index (Phi) is 4.94. The highest BCUT2D eigenvalue weighted by Gasteiger charge is 2.16. The Bertz CT molecular complexity index is 2170. The van der Waals surface area contributed by atoms with E-state index in [-0.39, 0.29) is 0 Å². The van der Waals surface area contributed by atoms with Crippen molar-refractivity contribution in [2.24, 2.45) is 7.05 Å². The first-order chi connectivity index (χ1) is 19.7. The minimum atomic E-state index is 0.564. The minimum absolute atomic E-state index is 0.564. The molecule has 8 aromatic rings. The third-order valence-corrected chi connectivity index (χ3v) is 7.56. The van der Waals surface area contributed by atoms with Gasteiger partial charge in [-0.2, -0.15) is 0 Å². The maximum atomic E-state index is 5.42. The summed E-state index contributed by atoms with van der Waals surface area (Å²) in [6, 6.07) is 36.0. The standard InChI is InChI=1S/C34H23N5O/c1-38-31-12-5-3-10-29(31)37-33(38)23-13-15-27-26-9-2-4-11-30(26)39(32(27)20-23)25-8-6-7-22(19-25)28-16-14-24(21-36-28)34-35-17-18-40-34/h2-21H,1H3. The number of nitrogens with zero attached hydrogens (tertiary/aromatic N) is 5. The molecule has 0 unspecified atom stereocenters. The van der Waals surface area contributed by atoms with E-state index in [4.69, 9.17) is 14.4 Å². The lowest BCUT2D eigenvalue weighted by Crippen LogP contribution is -1.96. The van der Waals surface area contributed by atoms with Crippen molar-refractivity contribution in [3.63, 3.8) is 0 Å². The van der Waals surface area contributed by atoms with Gasteiger partial charge in [0, 0.05) is 40.8 Å². The van der Waals surface area contributed by atoms with E-state index in [1.807, 2.05) is 18.2 Å². The van der Waals surface area contributed by atoms with Gasteiger partial charge in [0.2, 0.25) is 5.89 Å². The molecule has 0 bridgehead atoms. The van der Waals surface area contributed by atoms with E-state index < -0.39 is 0 Å². The Morgan fingerprint density at radius 3 is 2.30 bits per heavy atom. The molecule has 0 spiro atoms. The minimum Gasteiger partial charge on any atom is -0.444 e. The summed E-state index contributed by atoms with van der Waals surface area (Å²) >= 11 is 0. The summed E-state index contributed by atoms with van der Waals surface area (Å²) in [4.78, 5) is 13.9. The fourth-order valence-corrected chi connectivity index (χ4v) is 5.65. The van der Waals surface area contributed by atoms with Crippen molar-refractivity contribution in [3.8, 4) is 39.8 Å². The summed E-state index contributed by atoms with van der Waals surface area (Å²) in [7, 11) is 2.08. The molecule has 6 nitrogen and oxygen atoms in total. The number of pyridine rings is 1. The number of fused-ring (bicyclic) bond motifs is 4. The van der Waals surface area contributed by atoms with Crippen LogP contribution in [0.25, 0.3) is 72.6 Å². The molecular formula is C34H23N5O. The normalized spacial score (nSPS) is 11.6. The van der Waals surface area contributed by atoms with Gasteiger partial charge in [0.25, 0.3) is 0 Å². The number of imidazole rings is 1. The first-order valence-electron chi connectivity index (χ1n) is 13.2. The monoisotopic (exact) mass is 517 g/mol. The average molecular weight is 518 g/mol. The third kappa shape index (κ3) is 3.47. The van der Waals surface area contributed by atoms with Gasteiger partial charge in [-0.1, -0.05) is 54.6 Å². The fraction of sp³-hybridized carbons (Fsp3) is 0.0294. The van der Waals surface area contributed by atoms with Gasteiger partial charge in [-0.05, 0) is 48.5 Å². The van der Waals surface area contributed by atoms with E-state index in [0.29, 0.717) is 5.89 Å². The van der Waals surface area contributed by atoms with Gasteiger partial charge < -0.3 is 13.6 Å². The molecular weight excluding hydrogens is 494 g/mol. The van der Waals surface area contributed by atoms with Crippen LogP contribution in [-0.2, 0) is 7.05 Å². The predicted octanol–water partition coefficient (Wildman–Crippen LogP) is 8.05. The van der Waals surface area contributed by atoms with Gasteiger partial charge >= 0.3 is 0 Å². The maximum absolute atomic E-state index is 5.42. The maximum Gasteiger partial charge on any atom is 0.227 e. The molecule has 0 aliphatic heterocycles. The molecule has 0 fully saturated rings. The summed E-state index contributed by atoms with van der Waals surface area (Å²) in [5.41, 5.74) is 9.33. The summed E-state index contributed by atoms with van der Waals surface area (Å²) in [6.45, 7) is 0.